The van der Waals surface area contributed by atoms with E-state index in [1.54, 1.807) is 0 Å². The predicted molar refractivity (Wildman–Crippen MR) is 97.9 cm³/mol. The Balaban J connectivity index is 1.31. The molecule has 0 aromatic heterocycles. The van der Waals surface area contributed by atoms with Gasteiger partial charge in [0, 0.05) is 31.1 Å². The van der Waals surface area contributed by atoms with Crippen molar-refractivity contribution in [1.29, 1.82) is 0 Å². The lowest BCUT2D eigenvalue weighted by Gasteiger charge is -2.43. The van der Waals surface area contributed by atoms with Crippen LogP contribution in [0.3, 0.4) is 0 Å². The Hall–Kier alpha value is -1.30. The third kappa shape index (κ3) is 5.09. The van der Waals surface area contributed by atoms with Crippen LogP contribution in [-0.2, 0) is 4.79 Å². The maximum Gasteiger partial charge on any atom is 0.315 e. The fourth-order valence-electron chi connectivity index (χ4n) is 4.99. The van der Waals surface area contributed by atoms with E-state index in [0.717, 1.165) is 25.7 Å². The normalized spacial score (nSPS) is 32.7. The number of nitrogens with two attached hydrogens (primary N) is 1. The summed E-state index contributed by atoms with van der Waals surface area (Å²) in [5.74, 6) is 1.27. The number of rotatable bonds is 5. The molecule has 142 valence electrons. The van der Waals surface area contributed by atoms with E-state index in [9.17, 15) is 9.59 Å². The van der Waals surface area contributed by atoms with Gasteiger partial charge in [-0.25, -0.2) is 4.79 Å². The highest BCUT2D eigenvalue weighted by molar-refractivity contribution is 5.79. The number of hydrogen-bond acceptors (Lipinski definition) is 3. The summed E-state index contributed by atoms with van der Waals surface area (Å²) in [6.45, 7) is 0.970. The second-order valence-corrected chi connectivity index (χ2v) is 8.22. The molecule has 0 saturated heterocycles. The minimum atomic E-state index is -0.112. The van der Waals surface area contributed by atoms with Gasteiger partial charge in [0.1, 0.15) is 0 Å². The van der Waals surface area contributed by atoms with E-state index in [0.29, 0.717) is 37.0 Å². The lowest BCUT2D eigenvalue weighted by molar-refractivity contribution is -0.127. The lowest BCUT2D eigenvalue weighted by Crippen LogP contribution is -2.50. The van der Waals surface area contributed by atoms with E-state index in [4.69, 9.17) is 5.73 Å². The first-order valence-corrected chi connectivity index (χ1v) is 10.2. The Morgan fingerprint density at radius 1 is 0.840 bits per heavy atom. The molecule has 2 unspecified atom stereocenters. The average Bonchev–Trinajstić information content (AvgIpc) is 2.59. The summed E-state index contributed by atoms with van der Waals surface area (Å²) >= 11 is 0. The topological polar surface area (TPSA) is 96.2 Å². The van der Waals surface area contributed by atoms with Crippen LogP contribution in [0.15, 0.2) is 0 Å². The monoisotopic (exact) mass is 350 g/mol. The summed E-state index contributed by atoms with van der Waals surface area (Å²) in [7, 11) is 0. The molecule has 3 saturated carbocycles. The third-order valence-corrected chi connectivity index (χ3v) is 6.43. The number of amides is 3. The number of hydrogen-bond donors (Lipinski definition) is 4. The highest BCUT2D eigenvalue weighted by Gasteiger charge is 2.40. The first-order valence-electron chi connectivity index (χ1n) is 10.2. The zero-order valence-corrected chi connectivity index (χ0v) is 15.3. The van der Waals surface area contributed by atoms with Gasteiger partial charge in [0.25, 0.3) is 0 Å². The second-order valence-electron chi connectivity index (χ2n) is 8.22. The third-order valence-electron chi connectivity index (χ3n) is 6.43. The van der Waals surface area contributed by atoms with Crippen LogP contribution >= 0.6 is 0 Å². The van der Waals surface area contributed by atoms with Crippen LogP contribution in [-0.4, -0.2) is 37.1 Å². The Kier molecular flexibility index (Phi) is 6.57. The lowest BCUT2D eigenvalue weighted by atomic mass is 9.65. The highest BCUT2D eigenvalue weighted by atomic mass is 16.2. The molecular formula is C19H34N4O2. The zero-order chi connectivity index (χ0) is 17.6. The summed E-state index contributed by atoms with van der Waals surface area (Å²) in [5.41, 5.74) is 6.29. The van der Waals surface area contributed by atoms with Gasteiger partial charge in [-0.05, 0) is 50.4 Å². The number of carbonyl (C=O) groups excluding carboxylic acids is 2. The van der Waals surface area contributed by atoms with Crippen LogP contribution in [0, 0.1) is 17.8 Å². The van der Waals surface area contributed by atoms with Gasteiger partial charge in [-0.15, -0.1) is 0 Å². The van der Waals surface area contributed by atoms with Crippen molar-refractivity contribution < 1.29 is 9.59 Å². The van der Waals surface area contributed by atoms with E-state index in [1.807, 2.05) is 0 Å². The predicted octanol–water partition coefficient (Wildman–Crippen LogP) is 1.89. The van der Waals surface area contributed by atoms with Crippen molar-refractivity contribution in [2.75, 3.05) is 13.1 Å². The van der Waals surface area contributed by atoms with Crippen LogP contribution in [0.25, 0.3) is 0 Å². The first-order chi connectivity index (χ1) is 12.1. The van der Waals surface area contributed by atoms with Crippen molar-refractivity contribution >= 4 is 11.9 Å². The van der Waals surface area contributed by atoms with E-state index in [-0.39, 0.29) is 17.9 Å². The van der Waals surface area contributed by atoms with Crippen molar-refractivity contribution in [3.05, 3.63) is 0 Å². The van der Waals surface area contributed by atoms with Crippen LogP contribution in [0.4, 0.5) is 4.79 Å². The zero-order valence-electron chi connectivity index (χ0n) is 15.3. The van der Waals surface area contributed by atoms with Crippen molar-refractivity contribution in [2.45, 2.75) is 76.3 Å². The molecule has 0 spiro atoms. The van der Waals surface area contributed by atoms with Gasteiger partial charge in [0.15, 0.2) is 0 Å². The number of carbonyl (C=O) groups is 2. The molecule has 5 N–H and O–H groups in total. The molecule has 0 aromatic rings. The Bertz CT molecular complexity index is 450. The van der Waals surface area contributed by atoms with Gasteiger partial charge in [-0.3, -0.25) is 4.79 Å². The minimum Gasteiger partial charge on any atom is -0.354 e. The molecular weight excluding hydrogens is 316 g/mol. The molecule has 2 atom stereocenters. The summed E-state index contributed by atoms with van der Waals surface area (Å²) in [6.07, 6.45) is 11.3. The van der Waals surface area contributed by atoms with Crippen LogP contribution in [0.1, 0.15) is 64.2 Å². The smallest absolute Gasteiger partial charge is 0.315 e. The minimum absolute atomic E-state index is 0.103. The van der Waals surface area contributed by atoms with Gasteiger partial charge >= 0.3 is 6.03 Å². The van der Waals surface area contributed by atoms with E-state index >= 15 is 0 Å². The number of nitrogens with one attached hydrogen (secondary N) is 3. The largest absolute Gasteiger partial charge is 0.354 e. The van der Waals surface area contributed by atoms with Crippen LogP contribution in [0.2, 0.25) is 0 Å². The molecule has 3 aliphatic carbocycles. The van der Waals surface area contributed by atoms with E-state index in [2.05, 4.69) is 16.0 Å². The van der Waals surface area contributed by atoms with Gasteiger partial charge in [0.05, 0.1) is 0 Å². The van der Waals surface area contributed by atoms with Crippen LogP contribution in [0.5, 0.6) is 0 Å². The SMILES string of the molecule is NC1C2CCCC1CC(C(=O)NCCNC(=O)NC1CCCCC1)C2. The fourth-order valence-corrected chi connectivity index (χ4v) is 4.99. The van der Waals surface area contributed by atoms with Gasteiger partial charge in [0.2, 0.25) is 5.91 Å². The standard InChI is InChI=1S/C19H34N4O2/c20-17-13-5-4-6-14(17)12-15(11-13)18(24)21-9-10-22-19(25)23-16-7-2-1-3-8-16/h13-17H,1-12,20H2,(H,21,24)(H2,22,23,25). The quantitative estimate of drug-likeness (QED) is 0.570. The van der Waals surface area contributed by atoms with Crippen LogP contribution < -0.4 is 21.7 Å². The van der Waals surface area contributed by atoms with Gasteiger partial charge < -0.3 is 21.7 Å². The van der Waals surface area contributed by atoms with Crippen molar-refractivity contribution in [1.82, 2.24) is 16.0 Å². The first kappa shape index (κ1) is 18.5. The Morgan fingerprint density at radius 2 is 1.48 bits per heavy atom. The molecule has 0 heterocycles. The Labute approximate surface area is 151 Å². The van der Waals surface area contributed by atoms with Gasteiger partial charge in [-0.1, -0.05) is 25.7 Å². The van der Waals surface area contributed by atoms with Crippen molar-refractivity contribution in [3.63, 3.8) is 0 Å². The maximum atomic E-state index is 12.4. The summed E-state index contributed by atoms with van der Waals surface area (Å²) in [6, 6.07) is 0.497. The molecule has 3 fully saturated rings. The summed E-state index contributed by atoms with van der Waals surface area (Å²) in [4.78, 5) is 24.3. The number of fused-ring (bicyclic) bond motifs is 2. The molecule has 3 rings (SSSR count). The van der Waals surface area contributed by atoms with Gasteiger partial charge in [-0.2, -0.15) is 0 Å². The Morgan fingerprint density at radius 3 is 2.16 bits per heavy atom. The summed E-state index contributed by atoms with van der Waals surface area (Å²) in [5, 5.41) is 8.87. The molecule has 25 heavy (non-hydrogen) atoms. The average molecular weight is 351 g/mol. The van der Waals surface area contributed by atoms with Crippen molar-refractivity contribution in [2.24, 2.45) is 23.5 Å². The second kappa shape index (κ2) is 8.88. The van der Waals surface area contributed by atoms with E-state index < -0.39 is 0 Å². The van der Waals surface area contributed by atoms with Crippen molar-refractivity contribution in [3.8, 4) is 0 Å². The summed E-state index contributed by atoms with van der Waals surface area (Å²) < 4.78 is 0. The molecule has 0 aromatic carbocycles. The van der Waals surface area contributed by atoms with E-state index in [1.165, 1.54) is 38.5 Å². The molecule has 0 radical (unpaired) electrons. The molecule has 3 aliphatic rings. The molecule has 2 bridgehead atoms. The molecule has 6 nitrogen and oxygen atoms in total. The highest BCUT2D eigenvalue weighted by Crippen LogP contribution is 2.41. The molecule has 3 amide bonds. The molecule has 0 aliphatic heterocycles. The number of urea groups is 1. The fraction of sp³-hybridized carbons (Fsp3) is 0.895. The molecule has 6 heteroatoms. The maximum absolute atomic E-state index is 12.4.